The van der Waals surface area contributed by atoms with Crippen molar-refractivity contribution in [3.8, 4) is 0 Å². The predicted octanol–water partition coefficient (Wildman–Crippen LogP) is 0.952. The Labute approximate surface area is 85.5 Å². The second-order valence-corrected chi connectivity index (χ2v) is 3.01. The first kappa shape index (κ1) is 13.4. The third-order valence-corrected chi connectivity index (χ3v) is 1.27. The van der Waals surface area contributed by atoms with E-state index < -0.39 is 0 Å². The summed E-state index contributed by atoms with van der Waals surface area (Å²) in [6, 6.07) is 0. The highest BCUT2D eigenvalue weighted by molar-refractivity contribution is 4.86. The van der Waals surface area contributed by atoms with Crippen molar-refractivity contribution < 1.29 is 19.3 Å². The third kappa shape index (κ3) is 11.4. The molecule has 0 aliphatic carbocycles. The normalized spacial score (nSPS) is 9.93. The number of aliphatic hydroxyl groups excluding tert-OH is 1. The van der Waals surface area contributed by atoms with Crippen LogP contribution in [-0.4, -0.2) is 44.7 Å². The standard InChI is InChI=1S/C10H20O4/c1-10(2)9-14-8-7-13-6-5-12-4-3-11/h9,11H,3-8H2,1-2H3. The molecule has 0 spiro atoms. The summed E-state index contributed by atoms with van der Waals surface area (Å²) in [7, 11) is 0. The van der Waals surface area contributed by atoms with Gasteiger partial charge in [0.25, 0.3) is 0 Å². The van der Waals surface area contributed by atoms with Crippen LogP contribution in [0.4, 0.5) is 0 Å². The van der Waals surface area contributed by atoms with E-state index >= 15 is 0 Å². The van der Waals surface area contributed by atoms with Gasteiger partial charge < -0.3 is 19.3 Å². The van der Waals surface area contributed by atoms with Crippen molar-refractivity contribution in [2.45, 2.75) is 13.8 Å². The van der Waals surface area contributed by atoms with E-state index in [0.717, 1.165) is 5.57 Å². The lowest BCUT2D eigenvalue weighted by Crippen LogP contribution is -2.09. The number of hydrogen-bond donors (Lipinski definition) is 1. The minimum atomic E-state index is 0.0592. The molecule has 0 heterocycles. The number of hydrogen-bond acceptors (Lipinski definition) is 4. The van der Waals surface area contributed by atoms with E-state index in [4.69, 9.17) is 19.3 Å². The first-order valence-electron chi connectivity index (χ1n) is 4.78. The van der Waals surface area contributed by atoms with Crippen LogP contribution in [0, 0.1) is 0 Å². The van der Waals surface area contributed by atoms with Gasteiger partial charge in [-0.15, -0.1) is 0 Å². The summed E-state index contributed by atoms with van der Waals surface area (Å²) in [4.78, 5) is 0. The molecule has 0 radical (unpaired) electrons. The summed E-state index contributed by atoms with van der Waals surface area (Å²) >= 11 is 0. The second-order valence-electron chi connectivity index (χ2n) is 3.01. The topological polar surface area (TPSA) is 47.9 Å². The Morgan fingerprint density at radius 2 is 1.57 bits per heavy atom. The molecule has 0 saturated heterocycles. The van der Waals surface area contributed by atoms with Gasteiger partial charge in [0, 0.05) is 0 Å². The number of ether oxygens (including phenoxy) is 3. The molecular weight excluding hydrogens is 184 g/mol. The Morgan fingerprint density at radius 1 is 1.00 bits per heavy atom. The first-order valence-corrected chi connectivity index (χ1v) is 4.78. The zero-order chi connectivity index (χ0) is 10.6. The van der Waals surface area contributed by atoms with Gasteiger partial charge in [0.05, 0.1) is 39.3 Å². The zero-order valence-electron chi connectivity index (χ0n) is 8.99. The van der Waals surface area contributed by atoms with Crippen molar-refractivity contribution in [3.05, 3.63) is 11.8 Å². The molecule has 0 aromatic heterocycles. The third-order valence-electron chi connectivity index (χ3n) is 1.27. The summed E-state index contributed by atoms with van der Waals surface area (Å²) in [5, 5.41) is 8.40. The van der Waals surface area contributed by atoms with Gasteiger partial charge in [-0.1, -0.05) is 0 Å². The van der Waals surface area contributed by atoms with Crippen molar-refractivity contribution in [1.29, 1.82) is 0 Å². The van der Waals surface area contributed by atoms with Gasteiger partial charge in [-0.2, -0.15) is 0 Å². The summed E-state index contributed by atoms with van der Waals surface area (Å²) in [5.41, 5.74) is 1.14. The van der Waals surface area contributed by atoms with Crippen LogP contribution in [0.1, 0.15) is 13.8 Å². The fraction of sp³-hybridized carbons (Fsp3) is 0.800. The van der Waals surface area contributed by atoms with Crippen LogP contribution in [-0.2, 0) is 14.2 Å². The molecule has 0 fully saturated rings. The Kier molecular flexibility index (Phi) is 10.1. The average molecular weight is 204 g/mol. The molecular formula is C10H20O4. The molecule has 0 saturated carbocycles. The number of allylic oxidation sites excluding steroid dienone is 1. The Bertz CT molecular complexity index is 141. The Balaban J connectivity index is 2.96. The molecule has 0 aliphatic rings. The van der Waals surface area contributed by atoms with E-state index in [2.05, 4.69) is 0 Å². The average Bonchev–Trinajstić information content (AvgIpc) is 2.15. The first-order chi connectivity index (χ1) is 6.77. The quantitative estimate of drug-likeness (QED) is 0.449. The van der Waals surface area contributed by atoms with Crippen LogP contribution >= 0.6 is 0 Å². The molecule has 0 unspecified atom stereocenters. The smallest absolute Gasteiger partial charge is 0.111 e. The van der Waals surface area contributed by atoms with Crippen molar-refractivity contribution in [1.82, 2.24) is 0 Å². The highest BCUT2D eigenvalue weighted by Crippen LogP contribution is 1.89. The van der Waals surface area contributed by atoms with Crippen LogP contribution in [0.5, 0.6) is 0 Å². The van der Waals surface area contributed by atoms with E-state index in [0.29, 0.717) is 33.0 Å². The summed E-state index contributed by atoms with van der Waals surface area (Å²) in [6.45, 7) is 6.56. The van der Waals surface area contributed by atoms with E-state index in [1.807, 2.05) is 13.8 Å². The maximum Gasteiger partial charge on any atom is 0.111 e. The lowest BCUT2D eigenvalue weighted by Gasteiger charge is -2.04. The van der Waals surface area contributed by atoms with E-state index in [1.54, 1.807) is 6.26 Å². The maximum absolute atomic E-state index is 8.40. The van der Waals surface area contributed by atoms with Gasteiger partial charge >= 0.3 is 0 Å². The largest absolute Gasteiger partial charge is 0.499 e. The van der Waals surface area contributed by atoms with E-state index in [1.165, 1.54) is 0 Å². The van der Waals surface area contributed by atoms with Crippen molar-refractivity contribution >= 4 is 0 Å². The SMILES string of the molecule is CC(C)=COCCOCCOCCO. The fourth-order valence-corrected chi connectivity index (χ4v) is 0.719. The summed E-state index contributed by atoms with van der Waals surface area (Å²) in [5.74, 6) is 0. The minimum absolute atomic E-state index is 0.0592. The molecule has 0 aliphatic heterocycles. The fourth-order valence-electron chi connectivity index (χ4n) is 0.719. The van der Waals surface area contributed by atoms with Crippen LogP contribution < -0.4 is 0 Å². The highest BCUT2D eigenvalue weighted by atomic mass is 16.5. The summed E-state index contributed by atoms with van der Waals surface area (Å²) < 4.78 is 15.4. The molecule has 0 amide bonds. The zero-order valence-corrected chi connectivity index (χ0v) is 8.99. The molecule has 4 nitrogen and oxygen atoms in total. The van der Waals surface area contributed by atoms with Crippen LogP contribution in [0.2, 0.25) is 0 Å². The molecule has 0 aromatic rings. The van der Waals surface area contributed by atoms with E-state index in [9.17, 15) is 0 Å². The highest BCUT2D eigenvalue weighted by Gasteiger charge is 1.89. The van der Waals surface area contributed by atoms with Gasteiger partial charge in [-0.05, 0) is 19.4 Å². The molecule has 14 heavy (non-hydrogen) atoms. The lowest BCUT2D eigenvalue weighted by molar-refractivity contribution is 0.0202. The predicted molar refractivity (Wildman–Crippen MR) is 54.1 cm³/mol. The monoisotopic (exact) mass is 204 g/mol. The molecule has 1 N–H and O–H groups in total. The van der Waals surface area contributed by atoms with Crippen molar-refractivity contribution in [2.75, 3.05) is 39.6 Å². The molecule has 0 rings (SSSR count). The van der Waals surface area contributed by atoms with Crippen LogP contribution in [0.3, 0.4) is 0 Å². The van der Waals surface area contributed by atoms with Gasteiger partial charge in [-0.25, -0.2) is 0 Å². The molecule has 0 bridgehead atoms. The van der Waals surface area contributed by atoms with Gasteiger partial charge in [0.15, 0.2) is 0 Å². The number of aliphatic hydroxyl groups is 1. The molecule has 0 aromatic carbocycles. The Morgan fingerprint density at radius 3 is 2.14 bits per heavy atom. The van der Waals surface area contributed by atoms with Crippen molar-refractivity contribution in [3.63, 3.8) is 0 Å². The van der Waals surface area contributed by atoms with Crippen molar-refractivity contribution in [2.24, 2.45) is 0 Å². The van der Waals surface area contributed by atoms with Crippen LogP contribution in [0.15, 0.2) is 11.8 Å². The van der Waals surface area contributed by atoms with Gasteiger partial charge in [-0.3, -0.25) is 0 Å². The second kappa shape index (κ2) is 10.5. The lowest BCUT2D eigenvalue weighted by atomic mass is 10.4. The minimum Gasteiger partial charge on any atom is -0.499 e. The molecule has 84 valence electrons. The van der Waals surface area contributed by atoms with E-state index in [-0.39, 0.29) is 6.61 Å². The molecule has 4 heteroatoms. The Hall–Kier alpha value is -0.580. The summed E-state index contributed by atoms with van der Waals surface area (Å²) in [6.07, 6.45) is 1.71. The van der Waals surface area contributed by atoms with Gasteiger partial charge in [0.2, 0.25) is 0 Å². The van der Waals surface area contributed by atoms with Gasteiger partial charge in [0.1, 0.15) is 6.61 Å². The maximum atomic E-state index is 8.40. The van der Waals surface area contributed by atoms with Crippen LogP contribution in [0.25, 0.3) is 0 Å². The number of rotatable bonds is 9. The molecule has 0 atom stereocenters.